The van der Waals surface area contributed by atoms with Crippen LogP contribution in [-0.2, 0) is 11.2 Å². The summed E-state index contributed by atoms with van der Waals surface area (Å²) in [4.78, 5) is 8.87. The molecule has 1 aliphatic rings. The predicted octanol–water partition coefficient (Wildman–Crippen LogP) is 1.61. The summed E-state index contributed by atoms with van der Waals surface area (Å²) in [6.45, 7) is 4.58. The molecule has 0 bridgehead atoms. The molecule has 0 amide bonds. The zero-order valence-corrected chi connectivity index (χ0v) is 13.9. The van der Waals surface area contributed by atoms with Crippen LogP contribution in [0.5, 0.6) is 0 Å². The number of ether oxygens (including phenoxy) is 1. The van der Waals surface area contributed by atoms with Gasteiger partial charge < -0.3 is 19.8 Å². The quantitative estimate of drug-likeness (QED) is 0.650. The summed E-state index contributed by atoms with van der Waals surface area (Å²) in [5.41, 5.74) is 1.99. The van der Waals surface area contributed by atoms with E-state index in [2.05, 4.69) is 33.7 Å². The number of guanidine groups is 1. The highest BCUT2D eigenvalue weighted by Gasteiger charge is 2.29. The van der Waals surface area contributed by atoms with Gasteiger partial charge >= 0.3 is 0 Å². The van der Waals surface area contributed by atoms with Crippen molar-refractivity contribution >= 4 is 11.6 Å². The van der Waals surface area contributed by atoms with Gasteiger partial charge in [-0.25, -0.2) is 4.98 Å². The molecule has 3 rings (SSSR count). The lowest BCUT2D eigenvalue weighted by Crippen LogP contribution is -2.45. The van der Waals surface area contributed by atoms with Gasteiger partial charge in [-0.3, -0.25) is 4.99 Å². The van der Waals surface area contributed by atoms with Crippen molar-refractivity contribution in [2.75, 3.05) is 26.7 Å². The molecule has 1 atom stereocenters. The summed E-state index contributed by atoms with van der Waals surface area (Å²) in [7, 11) is 1.79. The largest absolute Gasteiger partial charge is 0.373 e. The Morgan fingerprint density at radius 1 is 1.43 bits per heavy atom. The van der Waals surface area contributed by atoms with Crippen LogP contribution >= 0.6 is 0 Å². The monoisotopic (exact) mass is 315 g/mol. The molecule has 0 aromatic carbocycles. The van der Waals surface area contributed by atoms with E-state index < -0.39 is 0 Å². The fraction of sp³-hybridized carbons (Fsp3) is 0.529. The topological polar surface area (TPSA) is 63.0 Å². The number of imidazole rings is 1. The van der Waals surface area contributed by atoms with E-state index in [1.165, 1.54) is 0 Å². The molecule has 1 aliphatic heterocycles. The number of rotatable bonds is 5. The first kappa shape index (κ1) is 15.8. The van der Waals surface area contributed by atoms with Crippen molar-refractivity contribution in [3.8, 4) is 0 Å². The molecule has 124 valence electrons. The van der Waals surface area contributed by atoms with Gasteiger partial charge in [0.1, 0.15) is 5.65 Å². The normalized spacial score (nSPS) is 21.7. The highest BCUT2D eigenvalue weighted by molar-refractivity contribution is 5.79. The molecular formula is C17H25N5O. The van der Waals surface area contributed by atoms with Crippen molar-refractivity contribution in [3.63, 3.8) is 0 Å². The van der Waals surface area contributed by atoms with Crippen molar-refractivity contribution in [2.24, 2.45) is 4.99 Å². The highest BCUT2D eigenvalue weighted by atomic mass is 16.5. The molecular weight excluding hydrogens is 290 g/mol. The molecule has 0 radical (unpaired) electrons. The molecule has 1 unspecified atom stereocenters. The predicted molar refractivity (Wildman–Crippen MR) is 91.9 cm³/mol. The van der Waals surface area contributed by atoms with Gasteiger partial charge in [0, 0.05) is 45.6 Å². The second kappa shape index (κ2) is 7.00. The van der Waals surface area contributed by atoms with E-state index in [9.17, 15) is 0 Å². The molecule has 23 heavy (non-hydrogen) atoms. The molecule has 2 N–H and O–H groups in total. The number of fused-ring (bicyclic) bond motifs is 1. The molecule has 0 aliphatic carbocycles. The Bertz CT molecular complexity index is 639. The Kier molecular flexibility index (Phi) is 4.81. The van der Waals surface area contributed by atoms with Crippen LogP contribution in [0.4, 0.5) is 0 Å². The van der Waals surface area contributed by atoms with Crippen molar-refractivity contribution < 1.29 is 4.74 Å². The summed E-state index contributed by atoms with van der Waals surface area (Å²) in [5, 5.41) is 6.69. The van der Waals surface area contributed by atoms with Gasteiger partial charge in [-0.15, -0.1) is 0 Å². The van der Waals surface area contributed by atoms with Crippen LogP contribution in [0.1, 0.15) is 25.5 Å². The third-order valence-electron chi connectivity index (χ3n) is 4.24. The summed E-state index contributed by atoms with van der Waals surface area (Å²) in [5.74, 6) is 0.811. The van der Waals surface area contributed by atoms with Gasteiger partial charge in [-0.2, -0.15) is 0 Å². The molecule has 1 saturated heterocycles. The number of aromatic nitrogens is 2. The van der Waals surface area contributed by atoms with Crippen molar-refractivity contribution in [3.05, 3.63) is 36.3 Å². The van der Waals surface area contributed by atoms with E-state index >= 15 is 0 Å². The minimum atomic E-state index is -0.0702. The number of hydrogen-bond donors (Lipinski definition) is 2. The third kappa shape index (κ3) is 4.01. The lowest BCUT2D eigenvalue weighted by molar-refractivity contribution is 0.0243. The summed E-state index contributed by atoms with van der Waals surface area (Å²) in [6, 6.07) is 6.02. The van der Waals surface area contributed by atoms with Crippen LogP contribution in [0.3, 0.4) is 0 Å². The molecule has 3 heterocycles. The maximum absolute atomic E-state index is 5.78. The molecule has 2 aromatic heterocycles. The van der Waals surface area contributed by atoms with Gasteiger partial charge in [0.25, 0.3) is 0 Å². The highest BCUT2D eigenvalue weighted by Crippen LogP contribution is 2.23. The zero-order chi connectivity index (χ0) is 16.1. The first-order chi connectivity index (χ1) is 11.2. The van der Waals surface area contributed by atoms with Crippen LogP contribution in [0.25, 0.3) is 5.65 Å². The Morgan fingerprint density at radius 2 is 2.35 bits per heavy atom. The van der Waals surface area contributed by atoms with E-state index in [1.54, 1.807) is 7.05 Å². The third-order valence-corrected chi connectivity index (χ3v) is 4.24. The van der Waals surface area contributed by atoms with E-state index in [-0.39, 0.29) is 5.60 Å². The number of hydrogen-bond acceptors (Lipinski definition) is 3. The molecule has 0 spiro atoms. The van der Waals surface area contributed by atoms with Crippen molar-refractivity contribution in [1.82, 2.24) is 20.0 Å². The number of nitrogens with zero attached hydrogens (tertiary/aromatic N) is 3. The van der Waals surface area contributed by atoms with Gasteiger partial charge in [0.2, 0.25) is 0 Å². The van der Waals surface area contributed by atoms with Crippen LogP contribution in [0.2, 0.25) is 0 Å². The minimum absolute atomic E-state index is 0.0702. The molecule has 2 aromatic rings. The average molecular weight is 315 g/mol. The molecule has 6 nitrogen and oxygen atoms in total. The van der Waals surface area contributed by atoms with E-state index in [1.807, 2.05) is 28.8 Å². The summed E-state index contributed by atoms with van der Waals surface area (Å²) in [6.07, 6.45) is 7.18. The molecule has 6 heteroatoms. The number of aliphatic imine (C=N–C) groups is 1. The molecule has 1 fully saturated rings. The molecule has 0 saturated carbocycles. The standard InChI is InChI=1S/C17H25N5O/c1-17(8-5-11-23-17)13-20-16(18-2)19-9-7-14-12-22-10-4-3-6-15(22)21-14/h3-4,6,10,12H,5,7-9,11,13H2,1-2H3,(H2,18,19,20). The van der Waals surface area contributed by atoms with Gasteiger partial charge in [0.15, 0.2) is 5.96 Å². The number of nitrogens with one attached hydrogen (secondary N) is 2. The van der Waals surface area contributed by atoms with Crippen LogP contribution in [-0.4, -0.2) is 47.7 Å². The van der Waals surface area contributed by atoms with Crippen LogP contribution in [0.15, 0.2) is 35.6 Å². The Balaban J connectivity index is 1.46. The maximum Gasteiger partial charge on any atom is 0.191 e. The van der Waals surface area contributed by atoms with Crippen molar-refractivity contribution in [2.45, 2.75) is 31.8 Å². The average Bonchev–Trinajstić information content (AvgIpc) is 3.17. The van der Waals surface area contributed by atoms with Gasteiger partial charge in [-0.05, 0) is 31.9 Å². The Hall–Kier alpha value is -2.08. The maximum atomic E-state index is 5.78. The minimum Gasteiger partial charge on any atom is -0.373 e. The Labute approximate surface area is 137 Å². The van der Waals surface area contributed by atoms with Gasteiger partial charge in [-0.1, -0.05) is 6.07 Å². The first-order valence-corrected chi connectivity index (χ1v) is 8.20. The van der Waals surface area contributed by atoms with E-state index in [0.29, 0.717) is 0 Å². The van der Waals surface area contributed by atoms with E-state index in [0.717, 1.165) is 56.3 Å². The van der Waals surface area contributed by atoms with Crippen LogP contribution in [0, 0.1) is 0 Å². The fourth-order valence-electron chi connectivity index (χ4n) is 2.88. The SMILES string of the molecule is CN=C(NCCc1cn2ccccc2n1)NCC1(C)CCCO1. The first-order valence-electron chi connectivity index (χ1n) is 8.20. The smallest absolute Gasteiger partial charge is 0.191 e. The summed E-state index contributed by atoms with van der Waals surface area (Å²) >= 11 is 0. The fourth-order valence-corrected chi connectivity index (χ4v) is 2.88. The summed E-state index contributed by atoms with van der Waals surface area (Å²) < 4.78 is 7.83. The number of pyridine rings is 1. The Morgan fingerprint density at radius 3 is 3.09 bits per heavy atom. The lowest BCUT2D eigenvalue weighted by atomic mass is 10.0. The lowest BCUT2D eigenvalue weighted by Gasteiger charge is -2.24. The van der Waals surface area contributed by atoms with Crippen LogP contribution < -0.4 is 10.6 Å². The zero-order valence-electron chi connectivity index (χ0n) is 13.9. The second-order valence-electron chi connectivity index (χ2n) is 6.20. The second-order valence-corrected chi connectivity index (χ2v) is 6.20. The van der Waals surface area contributed by atoms with E-state index in [4.69, 9.17) is 4.74 Å². The van der Waals surface area contributed by atoms with Gasteiger partial charge in [0.05, 0.1) is 11.3 Å². The van der Waals surface area contributed by atoms with Crippen molar-refractivity contribution in [1.29, 1.82) is 0 Å².